The molecular weight excluding hydrogens is 246 g/mol. The maximum Gasteiger partial charge on any atom is 0.128 e. The predicted octanol–water partition coefficient (Wildman–Crippen LogP) is 2.82. The van der Waals surface area contributed by atoms with E-state index in [9.17, 15) is 0 Å². The van der Waals surface area contributed by atoms with Gasteiger partial charge in [0, 0.05) is 25.8 Å². The van der Waals surface area contributed by atoms with Crippen LogP contribution in [0, 0.1) is 11.8 Å². The Morgan fingerprint density at radius 1 is 1.22 bits per heavy atom. The van der Waals surface area contributed by atoms with Crippen molar-refractivity contribution in [1.82, 2.24) is 4.98 Å². The zero-order valence-corrected chi connectivity index (χ0v) is 11.4. The Morgan fingerprint density at radius 2 is 1.83 bits per heavy atom. The van der Waals surface area contributed by atoms with Crippen molar-refractivity contribution >= 4 is 17.4 Å². The van der Waals surface area contributed by atoms with E-state index >= 15 is 0 Å². The molecule has 0 aliphatic heterocycles. The minimum atomic E-state index is 0.481. The summed E-state index contributed by atoms with van der Waals surface area (Å²) in [6.45, 7) is 2.78. The molecule has 0 unspecified atom stereocenters. The molecule has 1 heterocycles. The maximum absolute atomic E-state index is 6.08. The number of anilines is 1. The Balaban J connectivity index is 1.77. The second-order valence-electron chi connectivity index (χ2n) is 5.63. The van der Waals surface area contributed by atoms with Crippen molar-refractivity contribution in [2.45, 2.75) is 32.2 Å². The van der Waals surface area contributed by atoms with Gasteiger partial charge in [-0.05, 0) is 49.1 Å². The molecule has 0 saturated heterocycles. The van der Waals surface area contributed by atoms with Gasteiger partial charge in [0.15, 0.2) is 0 Å². The number of nitrogens with two attached hydrogens (primary N) is 1. The second-order valence-corrected chi connectivity index (χ2v) is 6.04. The molecule has 18 heavy (non-hydrogen) atoms. The van der Waals surface area contributed by atoms with Gasteiger partial charge in [-0.15, -0.1) is 0 Å². The van der Waals surface area contributed by atoms with E-state index in [2.05, 4.69) is 16.0 Å². The monoisotopic (exact) mass is 265 g/mol. The van der Waals surface area contributed by atoms with Gasteiger partial charge in [0.1, 0.15) is 5.82 Å². The number of halogens is 1. The van der Waals surface area contributed by atoms with Crippen LogP contribution in [-0.4, -0.2) is 18.1 Å². The number of rotatable bonds is 6. The van der Waals surface area contributed by atoms with Crippen LogP contribution in [0.4, 0.5) is 5.82 Å². The molecule has 2 aliphatic rings. The van der Waals surface area contributed by atoms with E-state index in [0.29, 0.717) is 11.6 Å². The Labute approximate surface area is 113 Å². The standard InChI is InChI=1S/C14H20ClN3/c15-13-7-17-14(5-12(13)6-16)18(8-10-1-2-10)9-11-3-4-11/h5,7,10-11H,1-4,6,8-9,16H2. The van der Waals surface area contributed by atoms with Gasteiger partial charge in [0.2, 0.25) is 0 Å². The molecular formula is C14H20ClN3. The Hall–Kier alpha value is -0.800. The fourth-order valence-electron chi connectivity index (χ4n) is 2.28. The van der Waals surface area contributed by atoms with Crippen molar-refractivity contribution in [2.24, 2.45) is 17.6 Å². The average molecular weight is 266 g/mol. The number of hydrogen-bond donors (Lipinski definition) is 1. The molecule has 1 aromatic heterocycles. The van der Waals surface area contributed by atoms with Crippen LogP contribution in [0.2, 0.25) is 5.02 Å². The number of hydrogen-bond acceptors (Lipinski definition) is 3. The fourth-order valence-corrected chi connectivity index (χ4v) is 2.46. The highest BCUT2D eigenvalue weighted by molar-refractivity contribution is 6.31. The second kappa shape index (κ2) is 5.06. The van der Waals surface area contributed by atoms with E-state index in [1.807, 2.05) is 0 Å². The van der Waals surface area contributed by atoms with Crippen molar-refractivity contribution in [2.75, 3.05) is 18.0 Å². The predicted molar refractivity (Wildman–Crippen MR) is 74.8 cm³/mol. The summed E-state index contributed by atoms with van der Waals surface area (Å²) < 4.78 is 0. The quantitative estimate of drug-likeness (QED) is 0.860. The molecule has 2 aliphatic carbocycles. The summed E-state index contributed by atoms with van der Waals surface area (Å²) in [7, 11) is 0. The van der Waals surface area contributed by atoms with Crippen LogP contribution in [0.15, 0.2) is 12.3 Å². The molecule has 0 bridgehead atoms. The highest BCUT2D eigenvalue weighted by Crippen LogP contribution is 2.35. The number of aromatic nitrogens is 1. The van der Waals surface area contributed by atoms with Gasteiger partial charge in [-0.1, -0.05) is 11.6 Å². The lowest BCUT2D eigenvalue weighted by molar-refractivity contribution is 0.671. The first-order valence-electron chi connectivity index (χ1n) is 6.85. The largest absolute Gasteiger partial charge is 0.356 e. The van der Waals surface area contributed by atoms with E-state index in [1.165, 1.54) is 25.7 Å². The number of nitrogens with zero attached hydrogens (tertiary/aromatic N) is 2. The average Bonchev–Trinajstić information content (AvgIpc) is 3.24. The van der Waals surface area contributed by atoms with Crippen molar-refractivity contribution in [3.63, 3.8) is 0 Å². The highest BCUT2D eigenvalue weighted by atomic mass is 35.5. The van der Waals surface area contributed by atoms with E-state index in [0.717, 1.165) is 36.3 Å². The molecule has 0 amide bonds. The summed E-state index contributed by atoms with van der Waals surface area (Å²) in [5.74, 6) is 2.81. The lowest BCUT2D eigenvalue weighted by Gasteiger charge is -2.24. The van der Waals surface area contributed by atoms with Crippen molar-refractivity contribution in [1.29, 1.82) is 0 Å². The minimum Gasteiger partial charge on any atom is -0.356 e. The first-order chi connectivity index (χ1) is 8.76. The van der Waals surface area contributed by atoms with Crippen LogP contribution in [0.5, 0.6) is 0 Å². The summed E-state index contributed by atoms with van der Waals surface area (Å²) in [6.07, 6.45) is 7.24. The Bertz CT molecular complexity index is 413. The van der Waals surface area contributed by atoms with Gasteiger partial charge in [-0.2, -0.15) is 0 Å². The summed E-state index contributed by atoms with van der Waals surface area (Å²) in [4.78, 5) is 6.92. The van der Waals surface area contributed by atoms with Gasteiger partial charge < -0.3 is 10.6 Å². The van der Waals surface area contributed by atoms with Crippen LogP contribution in [0.25, 0.3) is 0 Å². The van der Waals surface area contributed by atoms with E-state index in [-0.39, 0.29) is 0 Å². The van der Waals surface area contributed by atoms with Gasteiger partial charge in [0.05, 0.1) is 5.02 Å². The van der Waals surface area contributed by atoms with Gasteiger partial charge >= 0.3 is 0 Å². The Morgan fingerprint density at radius 3 is 2.33 bits per heavy atom. The third kappa shape index (κ3) is 2.96. The van der Waals surface area contributed by atoms with E-state index in [1.54, 1.807) is 6.20 Å². The lowest BCUT2D eigenvalue weighted by atomic mass is 10.2. The van der Waals surface area contributed by atoms with Crippen LogP contribution >= 0.6 is 11.6 Å². The first kappa shape index (κ1) is 12.2. The first-order valence-corrected chi connectivity index (χ1v) is 7.23. The summed E-state index contributed by atoms with van der Waals surface area (Å²) in [6, 6.07) is 2.06. The minimum absolute atomic E-state index is 0.481. The van der Waals surface area contributed by atoms with Gasteiger partial charge in [0.25, 0.3) is 0 Å². The molecule has 1 aromatic rings. The third-order valence-corrected chi connectivity index (χ3v) is 4.16. The Kier molecular flexibility index (Phi) is 3.44. The van der Waals surface area contributed by atoms with Gasteiger partial charge in [-0.3, -0.25) is 0 Å². The highest BCUT2D eigenvalue weighted by Gasteiger charge is 2.29. The van der Waals surface area contributed by atoms with Crippen molar-refractivity contribution < 1.29 is 0 Å². The molecule has 98 valence electrons. The SMILES string of the molecule is NCc1cc(N(CC2CC2)CC2CC2)ncc1Cl. The molecule has 2 fully saturated rings. The molecule has 3 rings (SSSR count). The normalized spacial score (nSPS) is 19.0. The third-order valence-electron chi connectivity index (χ3n) is 3.82. The van der Waals surface area contributed by atoms with Crippen LogP contribution in [-0.2, 0) is 6.54 Å². The van der Waals surface area contributed by atoms with Crippen LogP contribution in [0.3, 0.4) is 0 Å². The zero-order valence-electron chi connectivity index (χ0n) is 10.6. The summed E-state index contributed by atoms with van der Waals surface area (Å²) >= 11 is 6.08. The van der Waals surface area contributed by atoms with Crippen molar-refractivity contribution in [3.8, 4) is 0 Å². The molecule has 2 saturated carbocycles. The molecule has 0 radical (unpaired) electrons. The maximum atomic E-state index is 6.08. The van der Waals surface area contributed by atoms with E-state index in [4.69, 9.17) is 17.3 Å². The molecule has 2 N–H and O–H groups in total. The molecule has 0 atom stereocenters. The van der Waals surface area contributed by atoms with Crippen molar-refractivity contribution in [3.05, 3.63) is 22.8 Å². The summed E-state index contributed by atoms with van der Waals surface area (Å²) in [5.41, 5.74) is 6.71. The van der Waals surface area contributed by atoms with E-state index < -0.39 is 0 Å². The molecule has 3 nitrogen and oxygen atoms in total. The molecule has 0 spiro atoms. The van der Waals surface area contributed by atoms with Gasteiger partial charge in [-0.25, -0.2) is 4.98 Å². The summed E-state index contributed by atoms with van der Waals surface area (Å²) in [5, 5.41) is 0.680. The topological polar surface area (TPSA) is 42.1 Å². The molecule has 0 aromatic carbocycles. The molecule has 4 heteroatoms. The smallest absolute Gasteiger partial charge is 0.128 e. The zero-order chi connectivity index (χ0) is 12.5. The fraction of sp³-hybridized carbons (Fsp3) is 0.643. The van der Waals surface area contributed by atoms with Crippen LogP contribution < -0.4 is 10.6 Å². The van der Waals surface area contributed by atoms with Crippen LogP contribution in [0.1, 0.15) is 31.2 Å². The lowest BCUT2D eigenvalue weighted by Crippen LogP contribution is -2.29. The number of pyridine rings is 1.